The van der Waals surface area contributed by atoms with Crippen LogP contribution in [-0.4, -0.2) is 32.8 Å². The maximum absolute atomic E-state index is 12.1. The molecular formula is C12H16N4OS. The Kier molecular flexibility index (Phi) is 3.47. The second-order valence-corrected chi connectivity index (χ2v) is 5.61. The zero-order valence-electron chi connectivity index (χ0n) is 10.9. The molecule has 0 saturated carbocycles. The first-order valence-corrected chi connectivity index (χ1v) is 6.52. The van der Waals surface area contributed by atoms with Crippen molar-refractivity contribution in [3.63, 3.8) is 0 Å². The minimum Gasteiger partial charge on any atom is -0.341 e. The van der Waals surface area contributed by atoms with E-state index in [-0.39, 0.29) is 11.9 Å². The van der Waals surface area contributed by atoms with Gasteiger partial charge in [-0.3, -0.25) is 4.79 Å². The zero-order chi connectivity index (χ0) is 13.3. The van der Waals surface area contributed by atoms with Gasteiger partial charge in [0.2, 0.25) is 0 Å². The first-order chi connectivity index (χ1) is 8.50. The third-order valence-corrected chi connectivity index (χ3v) is 3.84. The van der Waals surface area contributed by atoms with Crippen LogP contribution in [0.1, 0.15) is 39.2 Å². The number of aromatic amines is 1. The predicted octanol–water partition coefficient (Wildman–Crippen LogP) is 2.32. The quantitative estimate of drug-likeness (QED) is 0.925. The molecule has 0 radical (unpaired) electrons. The number of aryl methyl sites for hydroxylation is 2. The molecule has 1 N–H and O–H groups in total. The Hall–Kier alpha value is -1.69. The van der Waals surface area contributed by atoms with Gasteiger partial charge in [-0.25, -0.2) is 9.97 Å². The van der Waals surface area contributed by atoms with Gasteiger partial charge < -0.3 is 9.88 Å². The summed E-state index contributed by atoms with van der Waals surface area (Å²) in [6, 6.07) is -0.0625. The van der Waals surface area contributed by atoms with Gasteiger partial charge in [-0.15, -0.1) is 11.3 Å². The Bertz CT molecular complexity index is 546. The normalized spacial score (nSPS) is 12.4. The number of carbonyl (C=O) groups excluding carboxylic acids is 1. The molecule has 18 heavy (non-hydrogen) atoms. The lowest BCUT2D eigenvalue weighted by Crippen LogP contribution is -2.31. The van der Waals surface area contributed by atoms with Crippen LogP contribution in [-0.2, 0) is 0 Å². The fraction of sp³-hybridized carbons (Fsp3) is 0.417. The fourth-order valence-corrected chi connectivity index (χ4v) is 2.75. The van der Waals surface area contributed by atoms with Gasteiger partial charge in [0.1, 0.15) is 0 Å². The van der Waals surface area contributed by atoms with Crippen LogP contribution in [0.3, 0.4) is 0 Å². The van der Waals surface area contributed by atoms with Gasteiger partial charge in [0, 0.05) is 24.3 Å². The average molecular weight is 264 g/mol. The standard InChI is InChI=1S/C12H16N4OS/c1-7(10-8(2)18-9(3)15-10)16(4)12(17)11-13-5-6-14-11/h5-7H,1-4H3,(H,13,14). The third kappa shape index (κ3) is 2.28. The number of hydrogen-bond donors (Lipinski definition) is 1. The lowest BCUT2D eigenvalue weighted by molar-refractivity contribution is 0.0728. The van der Waals surface area contributed by atoms with Crippen molar-refractivity contribution >= 4 is 17.2 Å². The highest BCUT2D eigenvalue weighted by Gasteiger charge is 2.23. The number of rotatable bonds is 3. The molecule has 0 aliphatic rings. The Morgan fingerprint density at radius 2 is 2.22 bits per heavy atom. The summed E-state index contributed by atoms with van der Waals surface area (Å²) in [6.07, 6.45) is 3.22. The number of aromatic nitrogens is 3. The number of carbonyl (C=O) groups is 1. The zero-order valence-corrected chi connectivity index (χ0v) is 11.7. The van der Waals surface area contributed by atoms with Crippen molar-refractivity contribution in [2.75, 3.05) is 7.05 Å². The molecule has 2 heterocycles. The Morgan fingerprint density at radius 3 is 2.72 bits per heavy atom. The lowest BCUT2D eigenvalue weighted by Gasteiger charge is -2.23. The summed E-state index contributed by atoms with van der Waals surface area (Å²) in [5.41, 5.74) is 0.958. The Balaban J connectivity index is 2.21. The lowest BCUT2D eigenvalue weighted by atomic mass is 10.2. The van der Waals surface area contributed by atoms with E-state index >= 15 is 0 Å². The molecule has 0 aromatic carbocycles. The van der Waals surface area contributed by atoms with E-state index in [9.17, 15) is 4.79 Å². The van der Waals surface area contributed by atoms with Crippen LogP contribution in [0.25, 0.3) is 0 Å². The topological polar surface area (TPSA) is 61.9 Å². The Labute approximate surface area is 110 Å². The van der Waals surface area contributed by atoms with Crippen LogP contribution in [0.5, 0.6) is 0 Å². The second kappa shape index (κ2) is 4.89. The van der Waals surface area contributed by atoms with Crippen molar-refractivity contribution in [3.05, 3.63) is 33.8 Å². The summed E-state index contributed by atoms with van der Waals surface area (Å²) in [4.78, 5) is 26.2. The van der Waals surface area contributed by atoms with Crippen molar-refractivity contribution in [1.82, 2.24) is 19.9 Å². The molecule has 6 heteroatoms. The molecule has 0 spiro atoms. The number of nitrogens with one attached hydrogen (secondary N) is 1. The molecule has 2 aromatic rings. The second-order valence-electron chi connectivity index (χ2n) is 4.20. The molecule has 0 bridgehead atoms. The van der Waals surface area contributed by atoms with Crippen molar-refractivity contribution in [2.45, 2.75) is 26.8 Å². The van der Waals surface area contributed by atoms with Crippen LogP contribution >= 0.6 is 11.3 Å². The molecule has 1 amide bonds. The largest absolute Gasteiger partial charge is 0.341 e. The highest BCUT2D eigenvalue weighted by atomic mass is 32.1. The van der Waals surface area contributed by atoms with Crippen molar-refractivity contribution in [3.8, 4) is 0 Å². The maximum Gasteiger partial charge on any atom is 0.289 e. The molecule has 1 atom stereocenters. The van der Waals surface area contributed by atoms with E-state index in [0.717, 1.165) is 15.6 Å². The van der Waals surface area contributed by atoms with Crippen LogP contribution in [0.2, 0.25) is 0 Å². The number of imidazole rings is 1. The number of H-pyrrole nitrogens is 1. The van der Waals surface area contributed by atoms with Crippen LogP contribution in [0.15, 0.2) is 12.4 Å². The van der Waals surface area contributed by atoms with E-state index < -0.39 is 0 Å². The van der Waals surface area contributed by atoms with Gasteiger partial charge in [-0.2, -0.15) is 0 Å². The molecule has 0 aliphatic carbocycles. The highest BCUT2D eigenvalue weighted by Crippen LogP contribution is 2.26. The summed E-state index contributed by atoms with van der Waals surface area (Å²) in [7, 11) is 1.77. The molecule has 2 aromatic heterocycles. The summed E-state index contributed by atoms with van der Waals surface area (Å²) in [5.74, 6) is 0.228. The van der Waals surface area contributed by atoms with Crippen molar-refractivity contribution in [1.29, 1.82) is 0 Å². The smallest absolute Gasteiger partial charge is 0.289 e. The Morgan fingerprint density at radius 1 is 1.50 bits per heavy atom. The average Bonchev–Trinajstić information content (AvgIpc) is 2.96. The van der Waals surface area contributed by atoms with Gasteiger partial charge in [-0.1, -0.05) is 0 Å². The molecule has 2 rings (SSSR count). The predicted molar refractivity (Wildman–Crippen MR) is 70.7 cm³/mol. The third-order valence-electron chi connectivity index (χ3n) is 2.94. The van der Waals surface area contributed by atoms with E-state index in [0.29, 0.717) is 5.82 Å². The number of nitrogens with zero attached hydrogens (tertiary/aromatic N) is 3. The van der Waals surface area contributed by atoms with E-state index in [1.54, 1.807) is 35.7 Å². The minimum atomic E-state index is -0.127. The minimum absolute atomic E-state index is 0.0625. The van der Waals surface area contributed by atoms with Gasteiger partial charge in [0.25, 0.3) is 5.91 Å². The summed E-state index contributed by atoms with van der Waals surface area (Å²) >= 11 is 1.65. The summed E-state index contributed by atoms with van der Waals surface area (Å²) in [5, 5.41) is 1.02. The van der Waals surface area contributed by atoms with Crippen LogP contribution < -0.4 is 0 Å². The fourth-order valence-electron chi connectivity index (χ4n) is 1.84. The molecule has 96 valence electrons. The molecule has 1 unspecified atom stereocenters. The summed E-state index contributed by atoms with van der Waals surface area (Å²) < 4.78 is 0. The van der Waals surface area contributed by atoms with Gasteiger partial charge in [0.05, 0.1) is 16.7 Å². The van der Waals surface area contributed by atoms with Crippen molar-refractivity contribution in [2.24, 2.45) is 0 Å². The molecule has 0 aliphatic heterocycles. The van der Waals surface area contributed by atoms with Crippen LogP contribution in [0.4, 0.5) is 0 Å². The molecule has 0 fully saturated rings. The maximum atomic E-state index is 12.1. The van der Waals surface area contributed by atoms with Crippen molar-refractivity contribution < 1.29 is 4.79 Å². The van der Waals surface area contributed by atoms with Crippen LogP contribution in [0, 0.1) is 13.8 Å². The molecule has 5 nitrogen and oxygen atoms in total. The van der Waals surface area contributed by atoms with E-state index in [2.05, 4.69) is 15.0 Å². The van der Waals surface area contributed by atoms with Gasteiger partial charge >= 0.3 is 0 Å². The first kappa shape index (κ1) is 12.8. The number of hydrogen-bond acceptors (Lipinski definition) is 4. The van der Waals surface area contributed by atoms with E-state index in [1.165, 1.54) is 0 Å². The molecular weight excluding hydrogens is 248 g/mol. The SMILES string of the molecule is Cc1nc(C(C)N(C)C(=O)c2ncc[nH]2)c(C)s1. The molecule has 0 saturated heterocycles. The van der Waals surface area contributed by atoms with Gasteiger partial charge in [-0.05, 0) is 20.8 Å². The first-order valence-electron chi connectivity index (χ1n) is 5.71. The number of amides is 1. The summed E-state index contributed by atoms with van der Waals surface area (Å²) in [6.45, 7) is 5.98. The van der Waals surface area contributed by atoms with E-state index in [1.807, 2.05) is 20.8 Å². The number of thiazole rings is 1. The van der Waals surface area contributed by atoms with Gasteiger partial charge in [0.15, 0.2) is 5.82 Å². The highest BCUT2D eigenvalue weighted by molar-refractivity contribution is 7.11. The monoisotopic (exact) mass is 264 g/mol. The van der Waals surface area contributed by atoms with E-state index in [4.69, 9.17) is 0 Å².